The number of carbonyl (C=O) groups excluding carboxylic acids is 1. The minimum absolute atomic E-state index is 0.131. The normalized spacial score (nSPS) is 16.1. The molecular weight excluding hydrogens is 395 g/mol. The summed E-state index contributed by atoms with van der Waals surface area (Å²) < 4.78 is 46.7. The molecule has 1 amide bonds. The maximum atomic E-state index is 13.1. The Morgan fingerprint density at radius 1 is 1.17 bits per heavy atom. The summed E-state index contributed by atoms with van der Waals surface area (Å²) in [6.07, 6.45) is -3.26. The molecule has 0 saturated carbocycles. The van der Waals surface area contributed by atoms with Gasteiger partial charge in [-0.15, -0.1) is 0 Å². The topological polar surface area (TPSA) is 47.4 Å². The molecule has 0 bridgehead atoms. The molecule has 0 radical (unpaired) electrons. The fourth-order valence-electron chi connectivity index (χ4n) is 3.73. The Labute approximate surface area is 174 Å². The highest BCUT2D eigenvalue weighted by molar-refractivity contribution is 5.68. The first kappa shape index (κ1) is 22.2. The molecule has 1 aliphatic rings. The third-order valence-electron chi connectivity index (χ3n) is 5.39. The van der Waals surface area contributed by atoms with Crippen molar-refractivity contribution in [1.82, 2.24) is 14.5 Å². The van der Waals surface area contributed by atoms with Crippen LogP contribution >= 0.6 is 0 Å². The van der Waals surface area contributed by atoms with Gasteiger partial charge in [-0.1, -0.05) is 12.1 Å². The highest BCUT2D eigenvalue weighted by Gasteiger charge is 2.32. The lowest BCUT2D eigenvalue weighted by molar-refractivity contribution is -0.137. The Balaban J connectivity index is 1.78. The molecule has 0 aliphatic carbocycles. The van der Waals surface area contributed by atoms with Gasteiger partial charge in [-0.25, -0.2) is 9.78 Å². The van der Waals surface area contributed by atoms with Gasteiger partial charge in [-0.2, -0.15) is 13.2 Å². The van der Waals surface area contributed by atoms with Crippen LogP contribution in [0.1, 0.15) is 56.6 Å². The molecule has 30 heavy (non-hydrogen) atoms. The van der Waals surface area contributed by atoms with Crippen molar-refractivity contribution >= 4 is 6.09 Å². The van der Waals surface area contributed by atoms with E-state index in [1.54, 1.807) is 11.0 Å². The van der Waals surface area contributed by atoms with E-state index < -0.39 is 17.3 Å². The molecule has 1 aliphatic heterocycles. The number of imidazole rings is 1. The summed E-state index contributed by atoms with van der Waals surface area (Å²) in [5.74, 6) is 0.968. The van der Waals surface area contributed by atoms with Crippen molar-refractivity contribution in [2.24, 2.45) is 7.05 Å². The highest BCUT2D eigenvalue weighted by atomic mass is 19.4. The van der Waals surface area contributed by atoms with Gasteiger partial charge in [-0.05, 0) is 52.7 Å². The average molecular weight is 423 g/mol. The largest absolute Gasteiger partial charge is 0.444 e. The van der Waals surface area contributed by atoms with Crippen LogP contribution in [-0.4, -0.2) is 39.2 Å². The Hall–Kier alpha value is -2.51. The van der Waals surface area contributed by atoms with Crippen molar-refractivity contribution in [2.45, 2.75) is 58.2 Å². The summed E-state index contributed by atoms with van der Waals surface area (Å²) in [5, 5.41) is 0. The maximum absolute atomic E-state index is 13.1. The van der Waals surface area contributed by atoms with Crippen LogP contribution in [0.4, 0.5) is 18.0 Å². The molecule has 1 saturated heterocycles. The van der Waals surface area contributed by atoms with Crippen LogP contribution in [0.25, 0.3) is 11.3 Å². The zero-order valence-corrected chi connectivity index (χ0v) is 18.0. The van der Waals surface area contributed by atoms with Crippen molar-refractivity contribution in [3.05, 3.63) is 41.3 Å². The van der Waals surface area contributed by atoms with Gasteiger partial charge in [0.25, 0.3) is 0 Å². The number of likely N-dealkylation sites (tertiary alicyclic amines) is 1. The summed E-state index contributed by atoms with van der Waals surface area (Å²) in [6, 6.07) is 5.27. The fourth-order valence-corrected chi connectivity index (χ4v) is 3.73. The number of hydrogen-bond donors (Lipinski definition) is 0. The van der Waals surface area contributed by atoms with Gasteiger partial charge in [0.2, 0.25) is 0 Å². The minimum atomic E-state index is -4.39. The predicted molar refractivity (Wildman–Crippen MR) is 108 cm³/mol. The van der Waals surface area contributed by atoms with Crippen LogP contribution < -0.4 is 0 Å². The summed E-state index contributed by atoms with van der Waals surface area (Å²) >= 11 is 0. The van der Waals surface area contributed by atoms with Crippen molar-refractivity contribution < 1.29 is 22.7 Å². The smallest absolute Gasteiger partial charge is 0.416 e. The van der Waals surface area contributed by atoms with E-state index in [0.717, 1.165) is 36.5 Å². The molecule has 1 aromatic carbocycles. The van der Waals surface area contributed by atoms with Crippen LogP contribution in [-0.2, 0) is 18.0 Å². The molecule has 2 heterocycles. The molecule has 164 valence electrons. The van der Waals surface area contributed by atoms with E-state index in [0.29, 0.717) is 24.3 Å². The lowest BCUT2D eigenvalue weighted by Gasteiger charge is -2.33. The Bertz CT molecular complexity index is 921. The van der Waals surface area contributed by atoms with E-state index in [1.165, 1.54) is 6.07 Å². The number of benzene rings is 1. The van der Waals surface area contributed by atoms with Gasteiger partial charge in [0.1, 0.15) is 11.4 Å². The number of hydrogen-bond acceptors (Lipinski definition) is 3. The molecule has 8 heteroatoms. The Kier molecular flexibility index (Phi) is 5.89. The maximum Gasteiger partial charge on any atom is 0.416 e. The summed E-state index contributed by atoms with van der Waals surface area (Å²) in [6.45, 7) is 8.49. The second kappa shape index (κ2) is 7.96. The molecular formula is C22H28F3N3O2. The molecule has 0 N–H and O–H groups in total. The molecule has 1 fully saturated rings. The Morgan fingerprint density at radius 3 is 2.37 bits per heavy atom. The lowest BCUT2D eigenvalue weighted by atomic mass is 9.96. The molecule has 0 spiro atoms. The number of amides is 1. The van der Waals surface area contributed by atoms with Gasteiger partial charge < -0.3 is 14.2 Å². The molecule has 0 unspecified atom stereocenters. The van der Waals surface area contributed by atoms with Crippen LogP contribution in [0.3, 0.4) is 0 Å². The van der Waals surface area contributed by atoms with E-state index in [-0.39, 0.29) is 12.0 Å². The summed E-state index contributed by atoms with van der Waals surface area (Å²) in [5.41, 5.74) is 0.615. The van der Waals surface area contributed by atoms with Gasteiger partial charge >= 0.3 is 12.3 Å². The third-order valence-corrected chi connectivity index (χ3v) is 5.39. The van der Waals surface area contributed by atoms with Gasteiger partial charge in [0.15, 0.2) is 0 Å². The Morgan fingerprint density at radius 2 is 1.80 bits per heavy atom. The third kappa shape index (κ3) is 4.79. The SMILES string of the molecule is Cc1c(-c2cccc(C(F)(F)F)c2)nc(C2CCN(C(=O)OC(C)(C)C)CC2)n1C. The monoisotopic (exact) mass is 423 g/mol. The van der Waals surface area contributed by atoms with Crippen LogP contribution in [0.2, 0.25) is 0 Å². The van der Waals surface area contributed by atoms with E-state index in [1.807, 2.05) is 39.3 Å². The number of rotatable bonds is 2. The van der Waals surface area contributed by atoms with Gasteiger partial charge in [0.05, 0.1) is 11.3 Å². The molecule has 3 rings (SSSR count). The number of halogens is 3. The van der Waals surface area contributed by atoms with Gasteiger partial charge in [0, 0.05) is 37.3 Å². The number of aromatic nitrogens is 2. The van der Waals surface area contributed by atoms with Crippen molar-refractivity contribution in [2.75, 3.05) is 13.1 Å². The molecule has 5 nitrogen and oxygen atoms in total. The van der Waals surface area contributed by atoms with Crippen molar-refractivity contribution in [3.63, 3.8) is 0 Å². The average Bonchev–Trinajstić information content (AvgIpc) is 2.95. The van der Waals surface area contributed by atoms with Crippen molar-refractivity contribution in [1.29, 1.82) is 0 Å². The zero-order chi connectivity index (χ0) is 22.3. The first-order valence-corrected chi connectivity index (χ1v) is 10.1. The van der Waals surface area contributed by atoms with Crippen LogP contribution in [0.5, 0.6) is 0 Å². The second-order valence-electron chi connectivity index (χ2n) is 8.78. The standard InChI is InChI=1S/C22H28F3N3O2/c1-14-18(16-7-6-8-17(13-16)22(23,24)25)26-19(27(14)5)15-9-11-28(12-10-15)20(29)30-21(2,3)4/h6-8,13,15H,9-12H2,1-5H3. The number of nitrogens with zero attached hydrogens (tertiary/aromatic N) is 3. The number of carbonyl (C=O) groups is 1. The number of piperidine rings is 1. The fraction of sp³-hybridized carbons (Fsp3) is 0.545. The van der Waals surface area contributed by atoms with E-state index in [9.17, 15) is 18.0 Å². The molecule has 0 atom stereocenters. The first-order valence-electron chi connectivity index (χ1n) is 10.1. The van der Waals surface area contributed by atoms with Crippen LogP contribution in [0, 0.1) is 6.92 Å². The van der Waals surface area contributed by atoms with Crippen LogP contribution in [0.15, 0.2) is 24.3 Å². The second-order valence-corrected chi connectivity index (χ2v) is 8.78. The number of ether oxygens (including phenoxy) is 1. The minimum Gasteiger partial charge on any atom is -0.444 e. The quantitative estimate of drug-likeness (QED) is 0.638. The van der Waals surface area contributed by atoms with E-state index in [4.69, 9.17) is 9.72 Å². The predicted octanol–water partition coefficient (Wildman–Crippen LogP) is 5.53. The number of alkyl halides is 3. The van der Waals surface area contributed by atoms with Crippen molar-refractivity contribution in [3.8, 4) is 11.3 Å². The first-order chi connectivity index (χ1) is 13.9. The van der Waals surface area contributed by atoms with E-state index in [2.05, 4.69) is 0 Å². The summed E-state index contributed by atoms with van der Waals surface area (Å²) in [7, 11) is 1.88. The molecule has 2 aromatic rings. The zero-order valence-electron chi connectivity index (χ0n) is 18.0. The lowest BCUT2D eigenvalue weighted by Crippen LogP contribution is -2.41. The highest BCUT2D eigenvalue weighted by Crippen LogP contribution is 2.35. The molecule has 1 aromatic heterocycles. The summed E-state index contributed by atoms with van der Waals surface area (Å²) in [4.78, 5) is 18.7. The van der Waals surface area contributed by atoms with E-state index >= 15 is 0 Å². The van der Waals surface area contributed by atoms with Gasteiger partial charge in [-0.3, -0.25) is 0 Å².